The molecule has 0 spiro atoms. The Morgan fingerprint density at radius 1 is 1.19 bits per heavy atom. The number of benzene rings is 1. The van der Waals surface area contributed by atoms with Crippen LogP contribution in [0, 0.1) is 13.8 Å². The van der Waals surface area contributed by atoms with Crippen molar-refractivity contribution in [3.63, 3.8) is 0 Å². The zero-order valence-electron chi connectivity index (χ0n) is 17.4. The van der Waals surface area contributed by atoms with Crippen LogP contribution in [-0.4, -0.2) is 35.1 Å². The van der Waals surface area contributed by atoms with Gasteiger partial charge in [-0.1, -0.05) is 12.1 Å². The molecule has 2 aliphatic rings. The van der Waals surface area contributed by atoms with Crippen molar-refractivity contribution in [2.24, 2.45) is 0 Å². The Labute approximate surface area is 186 Å². The number of alkyl halides is 3. The molecular formula is C22H20F3N5OS. The van der Waals surface area contributed by atoms with Crippen LogP contribution in [0.2, 0.25) is 0 Å². The van der Waals surface area contributed by atoms with Crippen LogP contribution < -0.4 is 15.1 Å². The summed E-state index contributed by atoms with van der Waals surface area (Å²) in [6.07, 6.45) is -3.65. The fraction of sp³-hybridized carbons (Fsp3) is 0.318. The standard InChI is InChI=1S/C22H20F3N5OS/c1-12-13(2)32-20(26-12)28-21(31)30-16-8-9-29(11-16)18-7-6-17(27-19(18)30)14-4-3-5-15(10-14)22(23,24)25/h3-7,10,16H,8-9,11H2,1-2H3,(H,26,28,31)/t16-/m1/s1. The van der Waals surface area contributed by atoms with Gasteiger partial charge in [-0.15, -0.1) is 11.3 Å². The van der Waals surface area contributed by atoms with Gasteiger partial charge in [-0.2, -0.15) is 13.2 Å². The predicted molar refractivity (Wildman–Crippen MR) is 118 cm³/mol. The van der Waals surface area contributed by atoms with Crippen LogP contribution in [0.5, 0.6) is 0 Å². The highest BCUT2D eigenvalue weighted by molar-refractivity contribution is 7.15. The van der Waals surface area contributed by atoms with Crippen LogP contribution in [0.25, 0.3) is 11.3 Å². The molecule has 1 fully saturated rings. The van der Waals surface area contributed by atoms with Crippen molar-refractivity contribution in [3.05, 3.63) is 52.5 Å². The van der Waals surface area contributed by atoms with E-state index in [-0.39, 0.29) is 12.1 Å². The number of thiazole rings is 1. The van der Waals surface area contributed by atoms with E-state index in [2.05, 4.69) is 20.2 Å². The first kappa shape index (κ1) is 20.7. The number of carbonyl (C=O) groups is 1. The summed E-state index contributed by atoms with van der Waals surface area (Å²) in [6, 6.07) is 8.21. The number of pyridine rings is 1. The molecule has 1 N–H and O–H groups in total. The van der Waals surface area contributed by atoms with E-state index in [1.165, 1.54) is 17.4 Å². The zero-order chi connectivity index (χ0) is 22.6. The minimum absolute atomic E-state index is 0.0612. The molecule has 2 amide bonds. The molecule has 0 aliphatic carbocycles. The molecule has 0 radical (unpaired) electrons. The van der Waals surface area contributed by atoms with Gasteiger partial charge in [0, 0.05) is 23.5 Å². The SMILES string of the molecule is Cc1nc(NC(=O)N2c3nc(-c4cccc(C(F)(F)F)c4)ccc3N3CC[C@@H]2C3)sc1C. The highest BCUT2D eigenvalue weighted by Gasteiger charge is 2.40. The maximum absolute atomic E-state index is 13.2. The third-order valence-corrected chi connectivity index (χ3v) is 6.89. The molecule has 10 heteroatoms. The summed E-state index contributed by atoms with van der Waals surface area (Å²) in [6.45, 7) is 5.31. The van der Waals surface area contributed by atoms with Crippen LogP contribution >= 0.6 is 11.3 Å². The minimum atomic E-state index is -4.44. The summed E-state index contributed by atoms with van der Waals surface area (Å²) >= 11 is 1.40. The van der Waals surface area contributed by atoms with Crippen molar-refractivity contribution in [1.82, 2.24) is 9.97 Å². The van der Waals surface area contributed by atoms with Crippen molar-refractivity contribution >= 4 is 34.0 Å². The number of nitrogens with zero attached hydrogens (tertiary/aromatic N) is 4. The molecule has 0 saturated carbocycles. The fourth-order valence-electron chi connectivity index (χ4n) is 4.16. The first-order valence-corrected chi connectivity index (χ1v) is 11.0. The topological polar surface area (TPSA) is 61.4 Å². The van der Waals surface area contributed by atoms with Gasteiger partial charge in [-0.3, -0.25) is 10.2 Å². The number of rotatable bonds is 2. The first-order chi connectivity index (χ1) is 15.2. The molecule has 2 bridgehead atoms. The maximum atomic E-state index is 13.2. The molecule has 2 aromatic heterocycles. The number of hydrogen-bond donors (Lipinski definition) is 1. The molecule has 6 nitrogen and oxygen atoms in total. The van der Waals surface area contributed by atoms with Crippen molar-refractivity contribution in [2.45, 2.75) is 32.5 Å². The van der Waals surface area contributed by atoms with Gasteiger partial charge in [0.05, 0.1) is 28.7 Å². The zero-order valence-corrected chi connectivity index (χ0v) is 18.2. The number of amides is 2. The lowest BCUT2D eigenvalue weighted by Crippen LogP contribution is -2.48. The lowest BCUT2D eigenvalue weighted by Gasteiger charge is -2.35. The van der Waals surface area contributed by atoms with E-state index in [9.17, 15) is 18.0 Å². The normalized spacial score (nSPS) is 17.5. The summed E-state index contributed by atoms with van der Waals surface area (Å²) in [7, 11) is 0. The lowest BCUT2D eigenvalue weighted by molar-refractivity contribution is -0.137. The van der Waals surface area contributed by atoms with Crippen LogP contribution in [0.15, 0.2) is 36.4 Å². The maximum Gasteiger partial charge on any atom is 0.416 e. The number of hydrogen-bond acceptors (Lipinski definition) is 5. The minimum Gasteiger partial charge on any atom is -0.366 e. The predicted octanol–water partition coefficient (Wildman–Crippen LogP) is 5.47. The van der Waals surface area contributed by atoms with Crippen LogP contribution in [0.4, 0.5) is 34.6 Å². The Balaban J connectivity index is 1.53. The molecule has 166 valence electrons. The Morgan fingerprint density at radius 3 is 2.72 bits per heavy atom. The summed E-state index contributed by atoms with van der Waals surface area (Å²) in [5.41, 5.74) is 1.66. The van der Waals surface area contributed by atoms with Crippen molar-refractivity contribution < 1.29 is 18.0 Å². The number of nitrogens with one attached hydrogen (secondary N) is 1. The van der Waals surface area contributed by atoms with Crippen molar-refractivity contribution in [2.75, 3.05) is 28.2 Å². The number of aryl methyl sites for hydroxylation is 2. The molecule has 5 rings (SSSR count). The molecule has 4 heterocycles. The highest BCUT2D eigenvalue weighted by atomic mass is 32.1. The lowest BCUT2D eigenvalue weighted by atomic mass is 10.1. The molecule has 1 saturated heterocycles. The Morgan fingerprint density at radius 2 is 2.00 bits per heavy atom. The van der Waals surface area contributed by atoms with E-state index >= 15 is 0 Å². The third-order valence-electron chi connectivity index (χ3n) is 5.90. The number of aromatic nitrogens is 2. The summed E-state index contributed by atoms with van der Waals surface area (Å²) in [5.74, 6) is 0.455. The monoisotopic (exact) mass is 459 g/mol. The van der Waals surface area contributed by atoms with Gasteiger partial charge >= 0.3 is 12.2 Å². The molecule has 1 aromatic carbocycles. The second-order valence-corrected chi connectivity index (χ2v) is 9.17. The second kappa shape index (κ2) is 7.47. The van der Waals surface area contributed by atoms with Crippen molar-refractivity contribution in [1.29, 1.82) is 0 Å². The average Bonchev–Trinajstić information content (AvgIpc) is 3.30. The quantitative estimate of drug-likeness (QED) is 0.552. The molecular weight excluding hydrogens is 439 g/mol. The van der Waals surface area contributed by atoms with Gasteiger partial charge < -0.3 is 4.90 Å². The van der Waals surface area contributed by atoms with E-state index in [0.29, 0.717) is 28.8 Å². The Hall–Kier alpha value is -3.14. The Kier molecular flexibility index (Phi) is 4.85. The van der Waals surface area contributed by atoms with Gasteiger partial charge in [-0.05, 0) is 44.5 Å². The van der Waals surface area contributed by atoms with E-state index in [0.717, 1.165) is 41.4 Å². The fourth-order valence-corrected chi connectivity index (χ4v) is 4.97. The first-order valence-electron chi connectivity index (χ1n) is 10.2. The van der Waals surface area contributed by atoms with Gasteiger partial charge in [0.15, 0.2) is 10.9 Å². The van der Waals surface area contributed by atoms with Crippen LogP contribution in [0.1, 0.15) is 22.6 Å². The van der Waals surface area contributed by atoms with Gasteiger partial charge in [-0.25, -0.2) is 14.8 Å². The van der Waals surface area contributed by atoms with E-state index < -0.39 is 11.7 Å². The number of fused-ring (bicyclic) bond motifs is 4. The second-order valence-electron chi connectivity index (χ2n) is 7.97. The number of halogens is 3. The summed E-state index contributed by atoms with van der Waals surface area (Å²) in [5, 5.41) is 3.39. The van der Waals surface area contributed by atoms with Gasteiger partial charge in [0.25, 0.3) is 0 Å². The van der Waals surface area contributed by atoms with Crippen molar-refractivity contribution in [3.8, 4) is 11.3 Å². The largest absolute Gasteiger partial charge is 0.416 e. The molecule has 3 aromatic rings. The average molecular weight is 459 g/mol. The van der Waals surface area contributed by atoms with Gasteiger partial charge in [0.2, 0.25) is 0 Å². The van der Waals surface area contributed by atoms with Crippen LogP contribution in [0.3, 0.4) is 0 Å². The van der Waals surface area contributed by atoms with E-state index in [4.69, 9.17) is 0 Å². The Bertz CT molecular complexity index is 1190. The van der Waals surface area contributed by atoms with E-state index in [1.54, 1.807) is 17.0 Å². The van der Waals surface area contributed by atoms with Crippen LogP contribution in [-0.2, 0) is 6.18 Å². The number of urea groups is 1. The van der Waals surface area contributed by atoms with E-state index in [1.807, 2.05) is 19.9 Å². The molecule has 0 unspecified atom stereocenters. The third kappa shape index (κ3) is 3.58. The molecule has 2 aliphatic heterocycles. The molecule has 1 atom stereocenters. The van der Waals surface area contributed by atoms with Gasteiger partial charge in [0.1, 0.15) is 0 Å². The summed E-state index contributed by atoms with van der Waals surface area (Å²) in [4.78, 5) is 27.1. The summed E-state index contributed by atoms with van der Waals surface area (Å²) < 4.78 is 39.5. The molecule has 32 heavy (non-hydrogen) atoms. The number of anilines is 3. The smallest absolute Gasteiger partial charge is 0.366 e. The number of carbonyl (C=O) groups excluding carboxylic acids is 1. The highest BCUT2D eigenvalue weighted by Crippen LogP contribution is 2.41.